The summed E-state index contributed by atoms with van der Waals surface area (Å²) in [6, 6.07) is 17.1. The van der Waals surface area contributed by atoms with E-state index in [2.05, 4.69) is 14.4 Å². The van der Waals surface area contributed by atoms with Gasteiger partial charge in [0.25, 0.3) is 25.7 Å². The summed E-state index contributed by atoms with van der Waals surface area (Å²) < 4.78 is 55.9. The molecular formula is C21H15ClN4O6S3. The number of nitrogens with one attached hydrogen (secondary N) is 2. The van der Waals surface area contributed by atoms with Gasteiger partial charge < -0.3 is 0 Å². The molecule has 0 unspecified atom stereocenters. The second-order valence-electron chi connectivity index (χ2n) is 6.97. The largest absolute Gasteiger partial charge is 0.289 e. The highest BCUT2D eigenvalue weighted by Gasteiger charge is 2.26. The van der Waals surface area contributed by atoms with Crippen LogP contribution < -0.4 is 9.44 Å². The van der Waals surface area contributed by atoms with Gasteiger partial charge in [0.15, 0.2) is 10.0 Å². The Morgan fingerprint density at radius 3 is 2.23 bits per heavy atom. The highest BCUT2D eigenvalue weighted by Crippen LogP contribution is 2.33. The summed E-state index contributed by atoms with van der Waals surface area (Å²) in [4.78, 5) is 14.2. The Bertz CT molecular complexity index is 1620. The first-order chi connectivity index (χ1) is 16.6. The lowest BCUT2D eigenvalue weighted by atomic mass is 10.1. The van der Waals surface area contributed by atoms with E-state index in [1.165, 1.54) is 41.8 Å². The first-order valence-corrected chi connectivity index (χ1v) is 13.9. The van der Waals surface area contributed by atoms with Crippen LogP contribution in [0.15, 0.2) is 88.0 Å². The van der Waals surface area contributed by atoms with Gasteiger partial charge in [0.2, 0.25) is 0 Å². The predicted octanol–water partition coefficient (Wildman–Crippen LogP) is 4.97. The molecule has 0 fully saturated rings. The summed E-state index contributed by atoms with van der Waals surface area (Å²) in [5.74, 6) is 0. The molecule has 0 amide bonds. The van der Waals surface area contributed by atoms with E-state index in [0.29, 0.717) is 16.3 Å². The quantitative estimate of drug-likeness (QED) is 0.232. The maximum atomic E-state index is 12.8. The van der Waals surface area contributed by atoms with E-state index in [1.54, 1.807) is 24.3 Å². The van der Waals surface area contributed by atoms with Crippen molar-refractivity contribution in [1.82, 2.24) is 4.98 Å². The molecule has 0 saturated heterocycles. The Morgan fingerprint density at radius 1 is 0.857 bits per heavy atom. The molecule has 0 saturated carbocycles. The average Bonchev–Trinajstić information content (AvgIpc) is 3.27. The Hall–Kier alpha value is -3.52. The maximum absolute atomic E-state index is 12.8. The Morgan fingerprint density at radius 2 is 1.51 bits per heavy atom. The standard InChI is InChI=1S/C21H15ClN4O6S3/c22-14-9-11-15(12-10-14)34(29,30)24-17-6-2-1-5-16(17)18-13-33-21(23-18)25-35(31,32)20-8-4-3-7-19(20)26(27)28/h1-13,24H,(H,23,25). The Kier molecular flexibility index (Phi) is 6.76. The lowest BCUT2D eigenvalue weighted by molar-refractivity contribution is -0.387. The summed E-state index contributed by atoms with van der Waals surface area (Å²) in [6.07, 6.45) is 0. The minimum absolute atomic E-state index is 0.00730. The number of hydrogen-bond donors (Lipinski definition) is 2. The van der Waals surface area contributed by atoms with Crippen LogP contribution in [0.1, 0.15) is 0 Å². The zero-order chi connectivity index (χ0) is 25.2. The molecule has 0 radical (unpaired) electrons. The normalized spacial score (nSPS) is 11.7. The van der Waals surface area contributed by atoms with Gasteiger partial charge in [-0.15, -0.1) is 11.3 Å². The van der Waals surface area contributed by atoms with Crippen molar-refractivity contribution < 1.29 is 21.8 Å². The van der Waals surface area contributed by atoms with Crippen LogP contribution in [0.4, 0.5) is 16.5 Å². The van der Waals surface area contributed by atoms with E-state index in [9.17, 15) is 26.9 Å². The molecular weight excluding hydrogens is 536 g/mol. The van der Waals surface area contributed by atoms with Crippen molar-refractivity contribution in [2.24, 2.45) is 0 Å². The highest BCUT2D eigenvalue weighted by atomic mass is 35.5. The molecule has 0 aliphatic heterocycles. The van der Waals surface area contributed by atoms with E-state index in [1.807, 2.05) is 0 Å². The molecule has 4 rings (SSSR count). The zero-order valence-electron chi connectivity index (χ0n) is 17.5. The van der Waals surface area contributed by atoms with Crippen molar-refractivity contribution in [2.45, 2.75) is 9.79 Å². The number of para-hydroxylation sites is 2. The van der Waals surface area contributed by atoms with Crippen molar-refractivity contribution in [1.29, 1.82) is 0 Å². The molecule has 4 aromatic rings. The third-order valence-corrected chi connectivity index (χ3v) is 8.56. The molecule has 1 heterocycles. The molecule has 0 aliphatic rings. The third-order valence-electron chi connectivity index (χ3n) is 4.65. The molecule has 14 heteroatoms. The van der Waals surface area contributed by atoms with Crippen molar-refractivity contribution in [3.05, 3.63) is 93.3 Å². The SMILES string of the molecule is O=[N+]([O-])c1ccccc1S(=O)(=O)Nc1nc(-c2ccccc2NS(=O)(=O)c2ccc(Cl)cc2)cs1. The Balaban J connectivity index is 1.63. The molecule has 180 valence electrons. The average molecular weight is 551 g/mol. The summed E-state index contributed by atoms with van der Waals surface area (Å²) in [5.41, 5.74) is 0.349. The van der Waals surface area contributed by atoms with Crippen LogP contribution in [0.3, 0.4) is 0 Å². The number of benzene rings is 3. The van der Waals surface area contributed by atoms with Crippen LogP contribution in [-0.4, -0.2) is 26.7 Å². The van der Waals surface area contributed by atoms with E-state index < -0.39 is 35.6 Å². The van der Waals surface area contributed by atoms with Crippen LogP contribution in [0, 0.1) is 10.1 Å². The smallest absolute Gasteiger partial charge is 0.279 e. The lowest BCUT2D eigenvalue weighted by Gasteiger charge is -2.11. The van der Waals surface area contributed by atoms with Crippen molar-refractivity contribution in [3.8, 4) is 11.3 Å². The van der Waals surface area contributed by atoms with Crippen LogP contribution >= 0.6 is 22.9 Å². The van der Waals surface area contributed by atoms with Gasteiger partial charge in [-0.25, -0.2) is 21.8 Å². The van der Waals surface area contributed by atoms with Gasteiger partial charge >= 0.3 is 0 Å². The maximum Gasteiger partial charge on any atom is 0.289 e. The first kappa shape index (κ1) is 24.6. The second-order valence-corrected chi connectivity index (χ2v) is 11.6. The fraction of sp³-hybridized carbons (Fsp3) is 0. The van der Waals surface area contributed by atoms with E-state index >= 15 is 0 Å². The number of nitro groups is 1. The molecule has 0 bridgehead atoms. The molecule has 3 aromatic carbocycles. The fourth-order valence-electron chi connectivity index (χ4n) is 3.06. The van der Waals surface area contributed by atoms with Crippen molar-refractivity contribution in [3.63, 3.8) is 0 Å². The second kappa shape index (κ2) is 9.62. The number of rotatable bonds is 8. The molecule has 0 aliphatic carbocycles. The van der Waals surface area contributed by atoms with Gasteiger partial charge in [-0.1, -0.05) is 41.9 Å². The van der Waals surface area contributed by atoms with Crippen LogP contribution in [-0.2, 0) is 20.0 Å². The zero-order valence-corrected chi connectivity index (χ0v) is 20.7. The number of anilines is 2. The van der Waals surface area contributed by atoms with Gasteiger partial charge in [0.1, 0.15) is 0 Å². The number of hydrogen-bond acceptors (Lipinski definition) is 8. The molecule has 10 nitrogen and oxygen atoms in total. The Labute approximate surface area is 209 Å². The third kappa shape index (κ3) is 5.43. The molecule has 1 aromatic heterocycles. The predicted molar refractivity (Wildman–Crippen MR) is 134 cm³/mol. The van der Waals surface area contributed by atoms with Crippen LogP contribution in [0.25, 0.3) is 11.3 Å². The monoisotopic (exact) mass is 550 g/mol. The number of nitrogens with zero attached hydrogens (tertiary/aromatic N) is 2. The van der Waals surface area contributed by atoms with Crippen LogP contribution in [0.5, 0.6) is 0 Å². The number of halogens is 1. The minimum Gasteiger partial charge on any atom is -0.279 e. The van der Waals surface area contributed by atoms with Gasteiger partial charge in [0, 0.05) is 22.0 Å². The highest BCUT2D eigenvalue weighted by molar-refractivity contribution is 7.93. The summed E-state index contributed by atoms with van der Waals surface area (Å²) in [6.45, 7) is 0. The van der Waals surface area contributed by atoms with Crippen molar-refractivity contribution in [2.75, 3.05) is 9.44 Å². The van der Waals surface area contributed by atoms with Gasteiger partial charge in [0.05, 0.1) is 21.2 Å². The minimum atomic E-state index is -4.30. The molecule has 2 N–H and O–H groups in total. The lowest BCUT2D eigenvalue weighted by Crippen LogP contribution is -2.14. The van der Waals surface area contributed by atoms with Crippen LogP contribution in [0.2, 0.25) is 5.02 Å². The first-order valence-electron chi connectivity index (χ1n) is 9.66. The van der Waals surface area contributed by atoms with E-state index in [-0.39, 0.29) is 15.7 Å². The molecule has 0 atom stereocenters. The molecule has 35 heavy (non-hydrogen) atoms. The fourth-order valence-corrected chi connectivity index (χ4v) is 6.40. The van der Waals surface area contributed by atoms with Gasteiger partial charge in [-0.2, -0.15) is 0 Å². The van der Waals surface area contributed by atoms with Crippen molar-refractivity contribution >= 4 is 59.5 Å². The van der Waals surface area contributed by atoms with Gasteiger partial charge in [-0.05, 0) is 36.4 Å². The number of sulfonamides is 2. The number of thiazole rings is 1. The van der Waals surface area contributed by atoms with E-state index in [0.717, 1.165) is 23.5 Å². The topological polar surface area (TPSA) is 148 Å². The number of nitro benzene ring substituents is 1. The van der Waals surface area contributed by atoms with Gasteiger partial charge in [-0.3, -0.25) is 19.6 Å². The molecule has 0 spiro atoms. The summed E-state index contributed by atoms with van der Waals surface area (Å²) >= 11 is 6.78. The summed E-state index contributed by atoms with van der Waals surface area (Å²) in [7, 11) is -8.24. The number of aromatic nitrogens is 1. The summed E-state index contributed by atoms with van der Waals surface area (Å²) in [5, 5.41) is 13.1. The van der Waals surface area contributed by atoms with E-state index in [4.69, 9.17) is 11.6 Å².